The Morgan fingerprint density at radius 3 is 2.84 bits per heavy atom. The first kappa shape index (κ1) is 23.5. The van der Waals surface area contributed by atoms with Gasteiger partial charge >= 0.3 is 0 Å². The summed E-state index contributed by atoms with van der Waals surface area (Å²) >= 11 is 1.91. The molecule has 3 heterocycles. The fourth-order valence-corrected chi connectivity index (χ4v) is 6.19. The maximum absolute atomic E-state index is 13.6. The Morgan fingerprint density at radius 1 is 1.28 bits per heavy atom. The number of carbonyl (C=O) groups excluding carboxylic acids is 2. The molecule has 2 amide bonds. The SMILES string of the molecule is CN[C@@H](C)C(=O)N[C@H]1CCO[C@H]2CC(C)(C)[C@@H](CN[C@@H]3CCSc4ccccc43)N2C1=O. The lowest BCUT2D eigenvalue weighted by molar-refractivity contribution is -0.144. The Hall–Kier alpha value is -1.61. The second-order valence-corrected chi connectivity index (χ2v) is 10.9. The Bertz CT molecular complexity index is 848. The third-order valence-electron chi connectivity index (χ3n) is 7.18. The minimum absolute atomic E-state index is 0.000896. The molecular weight excluding hydrogens is 424 g/mol. The molecule has 3 aliphatic rings. The highest BCUT2D eigenvalue weighted by Crippen LogP contribution is 2.43. The van der Waals surface area contributed by atoms with Crippen molar-refractivity contribution in [2.75, 3.05) is 26.0 Å². The number of ether oxygens (including phenoxy) is 1. The largest absolute Gasteiger partial charge is 0.358 e. The molecule has 2 saturated heterocycles. The van der Waals surface area contributed by atoms with Crippen LogP contribution in [0, 0.1) is 5.41 Å². The summed E-state index contributed by atoms with van der Waals surface area (Å²) in [6, 6.07) is 7.98. The molecule has 32 heavy (non-hydrogen) atoms. The maximum atomic E-state index is 13.6. The van der Waals surface area contributed by atoms with Crippen LogP contribution >= 0.6 is 11.8 Å². The molecule has 5 atom stereocenters. The number of nitrogens with one attached hydrogen (secondary N) is 3. The number of fused-ring (bicyclic) bond motifs is 2. The van der Waals surface area contributed by atoms with Crippen LogP contribution in [0.5, 0.6) is 0 Å². The van der Waals surface area contributed by atoms with Crippen LogP contribution in [0.4, 0.5) is 0 Å². The van der Waals surface area contributed by atoms with Crippen molar-refractivity contribution in [1.29, 1.82) is 0 Å². The van der Waals surface area contributed by atoms with E-state index in [1.807, 2.05) is 16.7 Å². The molecule has 0 bridgehead atoms. The van der Waals surface area contributed by atoms with E-state index in [1.165, 1.54) is 10.5 Å². The Morgan fingerprint density at radius 2 is 2.06 bits per heavy atom. The second kappa shape index (κ2) is 9.71. The van der Waals surface area contributed by atoms with Crippen LogP contribution in [-0.4, -0.2) is 67.0 Å². The summed E-state index contributed by atoms with van der Waals surface area (Å²) in [5.74, 6) is 0.907. The lowest BCUT2D eigenvalue weighted by Crippen LogP contribution is -2.56. The molecule has 0 saturated carbocycles. The van der Waals surface area contributed by atoms with E-state index >= 15 is 0 Å². The summed E-state index contributed by atoms with van der Waals surface area (Å²) in [5.41, 5.74) is 1.26. The number of thioether (sulfide) groups is 1. The Balaban J connectivity index is 1.50. The zero-order valence-electron chi connectivity index (χ0n) is 19.5. The number of carbonyl (C=O) groups is 2. The number of hydrogen-bond donors (Lipinski definition) is 3. The summed E-state index contributed by atoms with van der Waals surface area (Å²) in [7, 11) is 1.74. The van der Waals surface area contributed by atoms with E-state index in [0.717, 1.165) is 18.6 Å². The van der Waals surface area contributed by atoms with Gasteiger partial charge in [-0.3, -0.25) is 9.59 Å². The molecule has 8 heteroatoms. The second-order valence-electron chi connectivity index (χ2n) is 9.78. The summed E-state index contributed by atoms with van der Waals surface area (Å²) in [4.78, 5) is 29.3. The fourth-order valence-electron chi connectivity index (χ4n) is 5.07. The van der Waals surface area contributed by atoms with E-state index in [2.05, 4.69) is 54.1 Å². The van der Waals surface area contributed by atoms with Crippen LogP contribution in [0.2, 0.25) is 0 Å². The summed E-state index contributed by atoms with van der Waals surface area (Å²) in [6.45, 7) is 7.39. The van der Waals surface area contributed by atoms with Gasteiger partial charge in [0.15, 0.2) is 0 Å². The molecule has 4 rings (SSSR count). The minimum Gasteiger partial charge on any atom is -0.358 e. The van der Waals surface area contributed by atoms with E-state index in [0.29, 0.717) is 19.6 Å². The molecule has 0 aliphatic carbocycles. The first-order valence-corrected chi connectivity index (χ1v) is 12.7. The molecule has 176 valence electrons. The van der Waals surface area contributed by atoms with Crippen LogP contribution < -0.4 is 16.0 Å². The molecule has 0 unspecified atom stereocenters. The fraction of sp³-hybridized carbons (Fsp3) is 0.667. The Kier molecular flexibility index (Phi) is 7.14. The summed E-state index contributed by atoms with van der Waals surface area (Å²) in [5, 5.41) is 9.65. The van der Waals surface area contributed by atoms with Gasteiger partial charge in [-0.15, -0.1) is 11.8 Å². The average Bonchev–Trinajstić information content (AvgIpc) is 2.95. The van der Waals surface area contributed by atoms with Gasteiger partial charge in [0.1, 0.15) is 12.3 Å². The van der Waals surface area contributed by atoms with Crippen molar-refractivity contribution in [2.24, 2.45) is 5.41 Å². The lowest BCUT2D eigenvalue weighted by atomic mass is 9.84. The van der Waals surface area contributed by atoms with Crippen LogP contribution in [-0.2, 0) is 14.3 Å². The lowest BCUT2D eigenvalue weighted by Gasteiger charge is -2.36. The number of rotatable bonds is 6. The van der Waals surface area contributed by atoms with Crippen LogP contribution in [0.1, 0.15) is 51.6 Å². The normalized spacial score (nSPS) is 30.2. The topological polar surface area (TPSA) is 82.7 Å². The molecule has 3 aliphatic heterocycles. The van der Waals surface area contributed by atoms with Crippen molar-refractivity contribution < 1.29 is 14.3 Å². The Labute approximate surface area is 195 Å². The first-order chi connectivity index (χ1) is 15.3. The quantitative estimate of drug-likeness (QED) is 0.604. The van der Waals surface area contributed by atoms with Gasteiger partial charge in [-0.05, 0) is 49.6 Å². The zero-order chi connectivity index (χ0) is 22.9. The monoisotopic (exact) mass is 460 g/mol. The zero-order valence-corrected chi connectivity index (χ0v) is 20.3. The van der Waals surface area contributed by atoms with Gasteiger partial charge in [0.05, 0.1) is 18.7 Å². The molecule has 1 aromatic carbocycles. The molecule has 2 fully saturated rings. The van der Waals surface area contributed by atoms with Crippen molar-refractivity contribution in [3.63, 3.8) is 0 Å². The highest BCUT2D eigenvalue weighted by molar-refractivity contribution is 7.99. The van der Waals surface area contributed by atoms with E-state index < -0.39 is 6.04 Å². The molecule has 0 spiro atoms. The molecule has 0 radical (unpaired) electrons. The van der Waals surface area contributed by atoms with Gasteiger partial charge in [0.25, 0.3) is 0 Å². The van der Waals surface area contributed by atoms with Crippen molar-refractivity contribution in [3.05, 3.63) is 29.8 Å². The summed E-state index contributed by atoms with van der Waals surface area (Å²) < 4.78 is 6.12. The number of likely N-dealkylation sites (N-methyl/N-ethyl adjacent to an activating group) is 1. The molecule has 0 aromatic heterocycles. The number of amides is 2. The first-order valence-electron chi connectivity index (χ1n) is 11.7. The molecule has 7 nitrogen and oxygen atoms in total. The molecule has 3 N–H and O–H groups in total. The van der Waals surface area contributed by atoms with Gasteiger partial charge in [0, 0.05) is 23.9 Å². The van der Waals surface area contributed by atoms with E-state index in [1.54, 1.807) is 14.0 Å². The van der Waals surface area contributed by atoms with Gasteiger partial charge in [-0.25, -0.2) is 0 Å². The smallest absolute Gasteiger partial charge is 0.247 e. The number of hydrogen-bond acceptors (Lipinski definition) is 6. The van der Waals surface area contributed by atoms with Crippen LogP contribution in [0.25, 0.3) is 0 Å². The average molecular weight is 461 g/mol. The van der Waals surface area contributed by atoms with Crippen molar-refractivity contribution in [1.82, 2.24) is 20.9 Å². The van der Waals surface area contributed by atoms with Crippen molar-refractivity contribution >= 4 is 23.6 Å². The third-order valence-corrected chi connectivity index (χ3v) is 8.30. The van der Waals surface area contributed by atoms with Gasteiger partial charge in [-0.1, -0.05) is 32.0 Å². The highest BCUT2D eigenvalue weighted by atomic mass is 32.2. The predicted molar refractivity (Wildman–Crippen MR) is 126 cm³/mol. The van der Waals surface area contributed by atoms with Gasteiger partial charge < -0.3 is 25.6 Å². The predicted octanol–water partition coefficient (Wildman–Crippen LogP) is 2.28. The van der Waals surface area contributed by atoms with Crippen LogP contribution in [0.3, 0.4) is 0 Å². The van der Waals surface area contributed by atoms with Crippen molar-refractivity contribution in [2.45, 2.75) is 75.3 Å². The standard InChI is InChI=1S/C24H36N4O3S/c1-15(25-4)22(29)27-18-9-11-31-21-13-24(2,3)20(28(21)23(18)30)14-26-17-10-12-32-19-8-6-5-7-16(17)19/h5-8,15,17-18,20-21,25-26H,9-14H2,1-4H3,(H,27,29)/t15-,17+,18-,20+,21-/m0/s1. The minimum atomic E-state index is -0.550. The van der Waals surface area contributed by atoms with Gasteiger partial charge in [0.2, 0.25) is 11.8 Å². The highest BCUT2D eigenvalue weighted by Gasteiger charge is 2.51. The number of nitrogens with zero attached hydrogens (tertiary/aromatic N) is 1. The van der Waals surface area contributed by atoms with Gasteiger partial charge in [-0.2, -0.15) is 0 Å². The van der Waals surface area contributed by atoms with Crippen LogP contribution in [0.15, 0.2) is 29.2 Å². The van der Waals surface area contributed by atoms with E-state index in [-0.39, 0.29) is 41.6 Å². The van der Waals surface area contributed by atoms with E-state index in [4.69, 9.17) is 4.74 Å². The molecule has 1 aromatic rings. The third kappa shape index (κ3) is 4.69. The number of benzene rings is 1. The van der Waals surface area contributed by atoms with E-state index in [9.17, 15) is 9.59 Å². The molecular formula is C24H36N4O3S. The van der Waals surface area contributed by atoms with Crippen molar-refractivity contribution in [3.8, 4) is 0 Å². The maximum Gasteiger partial charge on any atom is 0.247 e. The summed E-state index contributed by atoms with van der Waals surface area (Å²) in [6.07, 6.45) is 2.14.